The lowest BCUT2D eigenvalue weighted by Crippen LogP contribution is -2.30. The van der Waals surface area contributed by atoms with Crippen LogP contribution in [0.4, 0.5) is 5.13 Å². The Labute approximate surface area is 172 Å². The smallest absolute Gasteiger partial charge is 0.261 e. The fourth-order valence-electron chi connectivity index (χ4n) is 3.15. The summed E-state index contributed by atoms with van der Waals surface area (Å²) in [6, 6.07) is 17.6. The predicted molar refractivity (Wildman–Crippen MR) is 116 cm³/mol. The molecule has 0 saturated carbocycles. The number of fused-ring (bicyclic) bond motifs is 1. The zero-order valence-corrected chi connectivity index (χ0v) is 17.3. The number of furan rings is 1. The average molecular weight is 409 g/mol. The number of rotatable bonds is 6. The molecule has 2 aromatic heterocycles. The lowest BCUT2D eigenvalue weighted by molar-refractivity contribution is 0.0980. The van der Waals surface area contributed by atoms with Gasteiger partial charge < -0.3 is 4.42 Å². The fourth-order valence-corrected chi connectivity index (χ4v) is 4.75. The fraction of sp³-hybridized carbons (Fsp3) is 0.182. The molecule has 6 heteroatoms. The summed E-state index contributed by atoms with van der Waals surface area (Å²) in [5.41, 5.74) is 2.84. The van der Waals surface area contributed by atoms with E-state index in [1.54, 1.807) is 22.9 Å². The first-order chi connectivity index (χ1) is 13.7. The third-order valence-corrected chi connectivity index (χ3v) is 6.42. The Morgan fingerprint density at radius 2 is 2.00 bits per heavy atom. The van der Waals surface area contributed by atoms with E-state index in [1.807, 2.05) is 48.7 Å². The summed E-state index contributed by atoms with van der Waals surface area (Å²) in [4.78, 5) is 21.0. The zero-order chi connectivity index (χ0) is 19.5. The van der Waals surface area contributed by atoms with E-state index in [4.69, 9.17) is 9.40 Å². The molecule has 0 unspecified atom stereocenters. The van der Waals surface area contributed by atoms with Crippen molar-refractivity contribution in [3.8, 4) is 0 Å². The maximum absolute atomic E-state index is 13.5. The zero-order valence-electron chi connectivity index (χ0n) is 15.7. The van der Waals surface area contributed by atoms with Gasteiger partial charge in [0.2, 0.25) is 0 Å². The molecule has 4 rings (SSSR count). The number of thiazole rings is 1. The van der Waals surface area contributed by atoms with Crippen LogP contribution in [0, 0.1) is 0 Å². The van der Waals surface area contributed by atoms with Gasteiger partial charge in [0.05, 0.1) is 28.6 Å². The monoisotopic (exact) mass is 408 g/mol. The highest BCUT2D eigenvalue weighted by molar-refractivity contribution is 7.98. The van der Waals surface area contributed by atoms with Crippen molar-refractivity contribution in [3.05, 3.63) is 77.7 Å². The minimum absolute atomic E-state index is 0.0709. The highest BCUT2D eigenvalue weighted by atomic mass is 32.2. The Bertz CT molecular complexity index is 1100. The SMILES string of the molecule is CCc1cccc2sc(N(Cc3ccco3)C(=O)c3ccccc3SC)nc12. The Morgan fingerprint density at radius 1 is 1.14 bits per heavy atom. The first kappa shape index (κ1) is 18.8. The van der Waals surface area contributed by atoms with E-state index in [0.29, 0.717) is 17.2 Å². The number of nitrogens with zero attached hydrogens (tertiary/aromatic N) is 2. The van der Waals surface area contributed by atoms with Gasteiger partial charge in [0.1, 0.15) is 5.76 Å². The number of hydrogen-bond donors (Lipinski definition) is 0. The molecule has 0 radical (unpaired) electrons. The van der Waals surface area contributed by atoms with Crippen LogP contribution in [-0.4, -0.2) is 17.1 Å². The van der Waals surface area contributed by atoms with Crippen molar-refractivity contribution in [1.29, 1.82) is 0 Å². The summed E-state index contributed by atoms with van der Waals surface area (Å²) in [6.07, 6.45) is 4.51. The van der Waals surface area contributed by atoms with E-state index >= 15 is 0 Å². The van der Waals surface area contributed by atoms with Gasteiger partial charge in [-0.15, -0.1) is 11.8 Å². The highest BCUT2D eigenvalue weighted by Crippen LogP contribution is 2.33. The van der Waals surface area contributed by atoms with Crippen LogP contribution in [0.1, 0.15) is 28.6 Å². The maximum atomic E-state index is 13.5. The van der Waals surface area contributed by atoms with Crippen LogP contribution in [0.3, 0.4) is 0 Å². The Kier molecular flexibility index (Phi) is 5.50. The van der Waals surface area contributed by atoms with Crippen LogP contribution >= 0.6 is 23.1 Å². The lowest BCUT2D eigenvalue weighted by atomic mass is 10.1. The number of amides is 1. The summed E-state index contributed by atoms with van der Waals surface area (Å²) >= 11 is 3.11. The summed E-state index contributed by atoms with van der Waals surface area (Å²) in [5, 5.41) is 0.688. The molecule has 4 nitrogen and oxygen atoms in total. The first-order valence-electron chi connectivity index (χ1n) is 9.07. The summed E-state index contributed by atoms with van der Waals surface area (Å²) in [7, 11) is 0. The minimum atomic E-state index is -0.0709. The van der Waals surface area contributed by atoms with E-state index in [9.17, 15) is 4.79 Å². The summed E-state index contributed by atoms with van der Waals surface area (Å²) < 4.78 is 6.61. The third kappa shape index (κ3) is 3.57. The number of hydrogen-bond acceptors (Lipinski definition) is 5. The predicted octanol–water partition coefficient (Wildman–Crippen LogP) is 6.02. The van der Waals surface area contributed by atoms with Gasteiger partial charge in [-0.1, -0.05) is 42.5 Å². The van der Waals surface area contributed by atoms with Gasteiger partial charge in [0.25, 0.3) is 5.91 Å². The number of carbonyl (C=O) groups is 1. The molecule has 1 amide bonds. The van der Waals surface area contributed by atoms with E-state index in [0.717, 1.165) is 27.3 Å². The van der Waals surface area contributed by atoms with Gasteiger partial charge >= 0.3 is 0 Å². The standard InChI is InChI=1S/C22H20N2O2S2/c1-3-15-8-6-12-19-20(15)23-22(28-19)24(14-16-9-7-13-26-16)21(25)17-10-4-5-11-18(17)27-2/h4-13H,3,14H2,1-2H3. The normalized spacial score (nSPS) is 11.1. The van der Waals surface area contributed by atoms with Crippen LogP contribution in [0.2, 0.25) is 0 Å². The molecule has 0 bridgehead atoms. The van der Waals surface area contributed by atoms with Crippen molar-refractivity contribution in [2.24, 2.45) is 0 Å². The van der Waals surface area contributed by atoms with Gasteiger partial charge in [0.15, 0.2) is 5.13 Å². The third-order valence-electron chi connectivity index (χ3n) is 4.58. The second-order valence-corrected chi connectivity index (χ2v) is 8.14. The van der Waals surface area contributed by atoms with Crippen LogP contribution in [-0.2, 0) is 13.0 Å². The molecule has 142 valence electrons. The van der Waals surface area contributed by atoms with Gasteiger partial charge in [0, 0.05) is 4.90 Å². The lowest BCUT2D eigenvalue weighted by Gasteiger charge is -2.20. The molecule has 0 spiro atoms. The molecule has 0 saturated heterocycles. The highest BCUT2D eigenvalue weighted by Gasteiger charge is 2.24. The van der Waals surface area contributed by atoms with Crippen molar-refractivity contribution in [1.82, 2.24) is 4.98 Å². The summed E-state index contributed by atoms with van der Waals surface area (Å²) in [6.45, 7) is 2.46. The van der Waals surface area contributed by atoms with Crippen molar-refractivity contribution in [2.45, 2.75) is 24.8 Å². The Morgan fingerprint density at radius 3 is 2.75 bits per heavy atom. The van der Waals surface area contributed by atoms with E-state index < -0.39 is 0 Å². The van der Waals surface area contributed by atoms with Crippen LogP contribution < -0.4 is 4.90 Å². The Hall–Kier alpha value is -2.57. The van der Waals surface area contributed by atoms with Crippen molar-refractivity contribution < 1.29 is 9.21 Å². The largest absolute Gasteiger partial charge is 0.467 e. The van der Waals surface area contributed by atoms with E-state index in [-0.39, 0.29) is 5.91 Å². The minimum Gasteiger partial charge on any atom is -0.467 e. The number of thioether (sulfide) groups is 1. The molecule has 28 heavy (non-hydrogen) atoms. The second kappa shape index (κ2) is 8.20. The molecule has 2 aromatic carbocycles. The van der Waals surface area contributed by atoms with Crippen LogP contribution in [0.25, 0.3) is 10.2 Å². The molecule has 0 aliphatic carbocycles. The molecule has 0 N–H and O–H groups in total. The second-order valence-electron chi connectivity index (χ2n) is 6.28. The number of aryl methyl sites for hydroxylation is 1. The quantitative estimate of drug-likeness (QED) is 0.366. The van der Waals surface area contributed by atoms with Gasteiger partial charge in [-0.3, -0.25) is 9.69 Å². The van der Waals surface area contributed by atoms with Crippen LogP contribution in [0.5, 0.6) is 0 Å². The van der Waals surface area contributed by atoms with Gasteiger partial charge in [-0.25, -0.2) is 4.98 Å². The maximum Gasteiger partial charge on any atom is 0.261 e. The van der Waals surface area contributed by atoms with E-state index in [1.165, 1.54) is 16.9 Å². The molecule has 4 aromatic rings. The molecule has 0 atom stereocenters. The number of anilines is 1. The van der Waals surface area contributed by atoms with Gasteiger partial charge in [-0.2, -0.15) is 0 Å². The van der Waals surface area contributed by atoms with Crippen molar-refractivity contribution in [2.75, 3.05) is 11.2 Å². The van der Waals surface area contributed by atoms with Crippen molar-refractivity contribution in [3.63, 3.8) is 0 Å². The number of aromatic nitrogens is 1. The molecule has 0 fully saturated rings. The molecule has 0 aliphatic rings. The van der Waals surface area contributed by atoms with E-state index in [2.05, 4.69) is 19.1 Å². The van der Waals surface area contributed by atoms with Gasteiger partial charge in [-0.05, 0) is 48.6 Å². The molecular weight excluding hydrogens is 388 g/mol. The average Bonchev–Trinajstić information content (AvgIpc) is 3.40. The van der Waals surface area contributed by atoms with Crippen LogP contribution in [0.15, 0.2) is 70.2 Å². The van der Waals surface area contributed by atoms with Crippen molar-refractivity contribution >= 4 is 44.4 Å². The Balaban J connectivity index is 1.81. The number of para-hydroxylation sites is 1. The number of benzene rings is 2. The first-order valence-corrected chi connectivity index (χ1v) is 11.1. The summed E-state index contributed by atoms with van der Waals surface area (Å²) in [5.74, 6) is 0.656. The molecule has 0 aliphatic heterocycles. The number of carbonyl (C=O) groups excluding carboxylic acids is 1. The topological polar surface area (TPSA) is 46.3 Å². The molecule has 2 heterocycles. The molecular formula is C22H20N2O2S2.